The average Bonchev–Trinajstić information content (AvgIpc) is 2.31. The van der Waals surface area contributed by atoms with Gasteiger partial charge in [-0.2, -0.15) is 0 Å². The van der Waals surface area contributed by atoms with Crippen LogP contribution in [0.4, 0.5) is 0 Å². The summed E-state index contributed by atoms with van der Waals surface area (Å²) in [5, 5.41) is 0. The highest BCUT2D eigenvalue weighted by atomic mass is 16.5. The predicted octanol–water partition coefficient (Wildman–Crippen LogP) is 2.85. The fourth-order valence-corrected chi connectivity index (χ4v) is 2.19. The van der Waals surface area contributed by atoms with Gasteiger partial charge in [-0.15, -0.1) is 0 Å². The number of likely N-dealkylation sites (tertiary alicyclic amines) is 1. The summed E-state index contributed by atoms with van der Waals surface area (Å²) in [6, 6.07) is 2.13. The molecule has 1 fully saturated rings. The van der Waals surface area contributed by atoms with Crippen LogP contribution in [0.3, 0.4) is 0 Å². The van der Waals surface area contributed by atoms with E-state index in [0.717, 1.165) is 31.7 Å². The van der Waals surface area contributed by atoms with E-state index in [-0.39, 0.29) is 5.41 Å². The minimum absolute atomic E-state index is 0.124. The number of hydrogen-bond donors (Lipinski definition) is 0. The highest BCUT2D eigenvalue weighted by molar-refractivity contribution is 5.28. The Morgan fingerprint density at radius 1 is 1.22 bits per heavy atom. The molecule has 2 rings (SSSR count). The number of ether oxygens (including phenoxy) is 1. The van der Waals surface area contributed by atoms with E-state index in [2.05, 4.69) is 43.8 Å². The molecule has 0 spiro atoms. The molecule has 2 heterocycles. The third-order valence-corrected chi connectivity index (χ3v) is 3.55. The summed E-state index contributed by atoms with van der Waals surface area (Å²) in [5.41, 5.74) is 1.35. The molecule has 1 aromatic heterocycles. The van der Waals surface area contributed by atoms with Crippen molar-refractivity contribution in [2.45, 2.75) is 45.1 Å². The zero-order valence-electron chi connectivity index (χ0n) is 11.9. The number of hydrogen-bond acceptors (Lipinski definition) is 3. The van der Waals surface area contributed by atoms with Crippen molar-refractivity contribution in [1.29, 1.82) is 0 Å². The Labute approximate surface area is 110 Å². The van der Waals surface area contributed by atoms with Gasteiger partial charge in [0.15, 0.2) is 0 Å². The van der Waals surface area contributed by atoms with Gasteiger partial charge < -0.3 is 9.64 Å². The lowest BCUT2D eigenvalue weighted by Crippen LogP contribution is -2.35. The molecule has 0 unspecified atom stereocenters. The monoisotopic (exact) mass is 248 g/mol. The predicted molar refractivity (Wildman–Crippen MR) is 74.1 cm³/mol. The quantitative estimate of drug-likeness (QED) is 0.804. The smallest absolute Gasteiger partial charge is 0.138 e. The number of rotatable bonds is 2. The molecule has 18 heavy (non-hydrogen) atoms. The van der Waals surface area contributed by atoms with E-state index in [0.29, 0.717) is 6.10 Å². The molecule has 0 bridgehead atoms. The summed E-state index contributed by atoms with van der Waals surface area (Å²) in [6.07, 6.45) is 6.32. The number of aromatic nitrogens is 1. The van der Waals surface area contributed by atoms with Crippen LogP contribution in [0.1, 0.15) is 39.2 Å². The van der Waals surface area contributed by atoms with Gasteiger partial charge in [0.05, 0.1) is 6.20 Å². The van der Waals surface area contributed by atoms with Crippen LogP contribution in [0.5, 0.6) is 5.75 Å². The maximum Gasteiger partial charge on any atom is 0.138 e. The molecular weight excluding hydrogens is 224 g/mol. The molecule has 1 aliphatic rings. The molecule has 3 nitrogen and oxygen atoms in total. The molecule has 0 saturated carbocycles. The largest absolute Gasteiger partial charge is 0.489 e. The highest BCUT2D eigenvalue weighted by Gasteiger charge is 2.19. The van der Waals surface area contributed by atoms with Gasteiger partial charge in [0, 0.05) is 19.3 Å². The Hall–Kier alpha value is -1.09. The molecule has 0 N–H and O–H groups in total. The summed E-state index contributed by atoms with van der Waals surface area (Å²) in [4.78, 5) is 6.65. The molecule has 1 saturated heterocycles. The zero-order valence-corrected chi connectivity index (χ0v) is 11.9. The van der Waals surface area contributed by atoms with Crippen LogP contribution >= 0.6 is 0 Å². The van der Waals surface area contributed by atoms with Gasteiger partial charge in [-0.3, -0.25) is 4.98 Å². The topological polar surface area (TPSA) is 25.4 Å². The van der Waals surface area contributed by atoms with Crippen molar-refractivity contribution in [1.82, 2.24) is 9.88 Å². The summed E-state index contributed by atoms with van der Waals surface area (Å²) in [7, 11) is 2.16. The molecule has 100 valence electrons. The lowest BCUT2D eigenvalue weighted by Gasteiger charge is -2.29. The molecule has 0 atom stereocenters. The van der Waals surface area contributed by atoms with Crippen LogP contribution in [0, 0.1) is 0 Å². The van der Waals surface area contributed by atoms with E-state index in [1.165, 1.54) is 5.56 Å². The average molecular weight is 248 g/mol. The minimum Gasteiger partial charge on any atom is -0.489 e. The molecule has 1 aliphatic heterocycles. The van der Waals surface area contributed by atoms with Gasteiger partial charge >= 0.3 is 0 Å². The van der Waals surface area contributed by atoms with Crippen LogP contribution in [0.15, 0.2) is 18.5 Å². The molecule has 0 radical (unpaired) electrons. The van der Waals surface area contributed by atoms with Crippen molar-refractivity contribution in [3.8, 4) is 5.75 Å². The Kier molecular flexibility index (Phi) is 3.91. The maximum absolute atomic E-state index is 6.05. The fourth-order valence-electron chi connectivity index (χ4n) is 2.19. The van der Waals surface area contributed by atoms with Gasteiger partial charge in [0.1, 0.15) is 11.9 Å². The van der Waals surface area contributed by atoms with Crippen molar-refractivity contribution in [3.63, 3.8) is 0 Å². The van der Waals surface area contributed by atoms with E-state index in [9.17, 15) is 0 Å². The Balaban J connectivity index is 2.01. The number of piperidine rings is 1. The summed E-state index contributed by atoms with van der Waals surface area (Å²) in [5.74, 6) is 0.914. The van der Waals surface area contributed by atoms with Gasteiger partial charge in [0.2, 0.25) is 0 Å². The van der Waals surface area contributed by atoms with E-state index < -0.39 is 0 Å². The summed E-state index contributed by atoms with van der Waals surface area (Å²) >= 11 is 0. The first-order chi connectivity index (χ1) is 8.45. The SMILES string of the molecule is CN1CCC(Oc2cncc(C(C)(C)C)c2)CC1. The normalized spacial score (nSPS) is 18.9. The van der Waals surface area contributed by atoms with Crippen LogP contribution in [0.2, 0.25) is 0 Å². The first-order valence-electron chi connectivity index (χ1n) is 6.76. The number of pyridine rings is 1. The number of nitrogens with zero attached hydrogens (tertiary/aromatic N) is 2. The van der Waals surface area contributed by atoms with E-state index in [1.54, 1.807) is 0 Å². The molecule has 0 amide bonds. The Bertz CT molecular complexity index is 390. The first kappa shape index (κ1) is 13.3. The van der Waals surface area contributed by atoms with Gasteiger partial charge in [-0.25, -0.2) is 0 Å². The van der Waals surface area contributed by atoms with Gasteiger partial charge in [-0.05, 0) is 36.9 Å². The van der Waals surface area contributed by atoms with Crippen molar-refractivity contribution in [2.75, 3.05) is 20.1 Å². The van der Waals surface area contributed by atoms with Crippen molar-refractivity contribution in [3.05, 3.63) is 24.0 Å². The molecule has 0 aliphatic carbocycles. The van der Waals surface area contributed by atoms with E-state index in [4.69, 9.17) is 4.74 Å². The summed E-state index contributed by atoms with van der Waals surface area (Å²) < 4.78 is 6.05. The summed E-state index contributed by atoms with van der Waals surface area (Å²) in [6.45, 7) is 8.84. The second-order valence-electron chi connectivity index (χ2n) is 6.28. The van der Waals surface area contributed by atoms with E-state index in [1.807, 2.05) is 12.4 Å². The van der Waals surface area contributed by atoms with Crippen molar-refractivity contribution >= 4 is 0 Å². The van der Waals surface area contributed by atoms with Crippen LogP contribution in [-0.2, 0) is 5.41 Å². The lowest BCUT2D eigenvalue weighted by molar-refractivity contribution is 0.114. The standard InChI is InChI=1S/C15H24N2O/c1-15(2,3)12-9-14(11-16-10-12)18-13-5-7-17(4)8-6-13/h9-11,13H,5-8H2,1-4H3. The molecule has 1 aromatic rings. The highest BCUT2D eigenvalue weighted by Crippen LogP contribution is 2.26. The minimum atomic E-state index is 0.124. The van der Waals surface area contributed by atoms with Gasteiger partial charge in [-0.1, -0.05) is 20.8 Å². The first-order valence-corrected chi connectivity index (χ1v) is 6.76. The Morgan fingerprint density at radius 3 is 2.50 bits per heavy atom. The second-order valence-corrected chi connectivity index (χ2v) is 6.28. The third-order valence-electron chi connectivity index (χ3n) is 3.55. The van der Waals surface area contributed by atoms with Crippen molar-refractivity contribution in [2.24, 2.45) is 0 Å². The molecule has 3 heteroatoms. The second kappa shape index (κ2) is 5.27. The third kappa shape index (κ3) is 3.45. The lowest BCUT2D eigenvalue weighted by atomic mass is 9.88. The van der Waals surface area contributed by atoms with Crippen LogP contribution < -0.4 is 4.74 Å². The molecule has 0 aromatic carbocycles. The van der Waals surface area contributed by atoms with Crippen LogP contribution in [0.25, 0.3) is 0 Å². The van der Waals surface area contributed by atoms with Gasteiger partial charge in [0.25, 0.3) is 0 Å². The Morgan fingerprint density at radius 2 is 1.89 bits per heavy atom. The zero-order chi connectivity index (χ0) is 13.2. The van der Waals surface area contributed by atoms with Crippen LogP contribution in [-0.4, -0.2) is 36.1 Å². The maximum atomic E-state index is 6.05. The van der Waals surface area contributed by atoms with Crippen molar-refractivity contribution < 1.29 is 4.74 Å². The fraction of sp³-hybridized carbons (Fsp3) is 0.667. The molecular formula is C15H24N2O. The van der Waals surface area contributed by atoms with E-state index >= 15 is 0 Å².